The molecule has 0 unspecified atom stereocenters. The lowest BCUT2D eigenvalue weighted by molar-refractivity contribution is -0.118. The number of furan rings is 1. The molecule has 6 nitrogen and oxygen atoms in total. The van der Waals surface area contributed by atoms with E-state index in [2.05, 4.69) is 10.6 Å². The first kappa shape index (κ1) is 15.9. The van der Waals surface area contributed by atoms with Crippen LogP contribution in [0.25, 0.3) is 11.0 Å². The standard InChI is InChI=1S/C16H21N3O3/c1-12(20)17-8-5-9-18-16(21)19(2)11-14-10-13-6-3-4-7-15(13)22-14/h3-4,6-7,10H,5,8-9,11H2,1-2H3,(H,17,20)(H,18,21). The highest BCUT2D eigenvalue weighted by molar-refractivity contribution is 5.78. The van der Waals surface area contributed by atoms with Gasteiger partial charge < -0.3 is 20.0 Å². The normalized spacial score (nSPS) is 10.5. The number of nitrogens with one attached hydrogen (secondary N) is 2. The molecular formula is C16H21N3O3. The third-order valence-corrected chi connectivity index (χ3v) is 3.22. The van der Waals surface area contributed by atoms with Gasteiger partial charge in [0.1, 0.15) is 11.3 Å². The Labute approximate surface area is 129 Å². The first-order chi connectivity index (χ1) is 10.6. The maximum atomic E-state index is 11.9. The summed E-state index contributed by atoms with van der Waals surface area (Å²) in [6.07, 6.45) is 0.698. The second-order valence-corrected chi connectivity index (χ2v) is 5.18. The monoisotopic (exact) mass is 303 g/mol. The average molecular weight is 303 g/mol. The van der Waals surface area contributed by atoms with Gasteiger partial charge in [-0.25, -0.2) is 4.79 Å². The third kappa shape index (κ3) is 4.51. The Morgan fingerprint density at radius 1 is 1.18 bits per heavy atom. The molecule has 6 heteroatoms. The van der Waals surface area contributed by atoms with E-state index in [0.717, 1.165) is 16.7 Å². The van der Waals surface area contributed by atoms with Gasteiger partial charge in [-0.15, -0.1) is 0 Å². The van der Waals surface area contributed by atoms with Crippen molar-refractivity contribution in [3.8, 4) is 0 Å². The van der Waals surface area contributed by atoms with E-state index in [-0.39, 0.29) is 11.9 Å². The summed E-state index contributed by atoms with van der Waals surface area (Å²) in [5.41, 5.74) is 0.821. The van der Waals surface area contributed by atoms with Crippen LogP contribution in [-0.4, -0.2) is 37.0 Å². The van der Waals surface area contributed by atoms with Crippen LogP contribution in [0.2, 0.25) is 0 Å². The molecule has 0 radical (unpaired) electrons. The summed E-state index contributed by atoms with van der Waals surface area (Å²) < 4.78 is 5.69. The van der Waals surface area contributed by atoms with Gasteiger partial charge in [0.15, 0.2) is 0 Å². The van der Waals surface area contributed by atoms with E-state index in [4.69, 9.17) is 4.42 Å². The minimum Gasteiger partial charge on any atom is -0.459 e. The fourth-order valence-corrected chi connectivity index (χ4v) is 2.10. The molecule has 0 fully saturated rings. The molecule has 0 saturated heterocycles. The van der Waals surface area contributed by atoms with Gasteiger partial charge >= 0.3 is 6.03 Å². The van der Waals surface area contributed by atoms with E-state index in [9.17, 15) is 9.59 Å². The van der Waals surface area contributed by atoms with Crippen molar-refractivity contribution in [1.29, 1.82) is 0 Å². The predicted octanol–water partition coefficient (Wildman–Crippen LogP) is 2.10. The molecule has 3 amide bonds. The fraction of sp³-hybridized carbons (Fsp3) is 0.375. The maximum Gasteiger partial charge on any atom is 0.317 e. The zero-order chi connectivity index (χ0) is 15.9. The summed E-state index contributed by atoms with van der Waals surface area (Å²) in [7, 11) is 1.72. The van der Waals surface area contributed by atoms with E-state index in [0.29, 0.717) is 26.1 Å². The Balaban J connectivity index is 1.77. The predicted molar refractivity (Wildman–Crippen MR) is 84.4 cm³/mol. The number of carbonyl (C=O) groups excluding carboxylic acids is 2. The number of nitrogens with zero attached hydrogens (tertiary/aromatic N) is 1. The summed E-state index contributed by atoms with van der Waals surface area (Å²) in [6, 6.07) is 9.53. The molecule has 2 rings (SSSR count). The van der Waals surface area contributed by atoms with E-state index >= 15 is 0 Å². The van der Waals surface area contributed by atoms with Crippen molar-refractivity contribution in [2.45, 2.75) is 19.9 Å². The van der Waals surface area contributed by atoms with E-state index in [1.807, 2.05) is 30.3 Å². The molecule has 0 bridgehead atoms. The van der Waals surface area contributed by atoms with Crippen molar-refractivity contribution >= 4 is 22.9 Å². The minimum absolute atomic E-state index is 0.0617. The van der Waals surface area contributed by atoms with Crippen LogP contribution < -0.4 is 10.6 Å². The van der Waals surface area contributed by atoms with Crippen molar-refractivity contribution in [3.63, 3.8) is 0 Å². The number of carbonyl (C=O) groups is 2. The number of urea groups is 1. The van der Waals surface area contributed by atoms with Crippen LogP contribution in [0.15, 0.2) is 34.7 Å². The first-order valence-corrected chi connectivity index (χ1v) is 7.27. The van der Waals surface area contributed by atoms with Gasteiger partial charge in [0.05, 0.1) is 6.54 Å². The molecule has 2 N–H and O–H groups in total. The molecule has 0 aliphatic rings. The lowest BCUT2D eigenvalue weighted by atomic mass is 10.2. The quantitative estimate of drug-likeness (QED) is 0.803. The third-order valence-electron chi connectivity index (χ3n) is 3.22. The van der Waals surface area contributed by atoms with Gasteiger partial charge in [-0.2, -0.15) is 0 Å². The van der Waals surface area contributed by atoms with Gasteiger partial charge in [-0.3, -0.25) is 4.79 Å². The van der Waals surface area contributed by atoms with Crippen LogP contribution >= 0.6 is 0 Å². The molecule has 2 aromatic rings. The average Bonchev–Trinajstić information content (AvgIpc) is 2.88. The van der Waals surface area contributed by atoms with Crippen molar-refractivity contribution in [2.75, 3.05) is 20.1 Å². The van der Waals surface area contributed by atoms with Crippen LogP contribution in [0.3, 0.4) is 0 Å². The summed E-state index contributed by atoms with van der Waals surface area (Å²) >= 11 is 0. The van der Waals surface area contributed by atoms with Gasteiger partial charge in [0.25, 0.3) is 0 Å². The summed E-state index contributed by atoms with van der Waals surface area (Å²) in [4.78, 5) is 24.2. The molecule has 1 heterocycles. The number of benzene rings is 1. The van der Waals surface area contributed by atoms with Crippen LogP contribution in [0.1, 0.15) is 19.1 Å². The Kier molecular flexibility index (Phi) is 5.41. The molecule has 0 spiro atoms. The van der Waals surface area contributed by atoms with Crippen molar-refractivity contribution in [1.82, 2.24) is 15.5 Å². The molecule has 1 aromatic carbocycles. The first-order valence-electron chi connectivity index (χ1n) is 7.27. The van der Waals surface area contributed by atoms with Crippen LogP contribution in [-0.2, 0) is 11.3 Å². The van der Waals surface area contributed by atoms with Crippen LogP contribution in [0, 0.1) is 0 Å². The molecule has 1 aromatic heterocycles. The van der Waals surface area contributed by atoms with Crippen molar-refractivity contribution in [3.05, 3.63) is 36.1 Å². The van der Waals surface area contributed by atoms with Gasteiger partial charge in [0.2, 0.25) is 5.91 Å². The zero-order valence-electron chi connectivity index (χ0n) is 12.9. The molecule has 118 valence electrons. The number of amides is 3. The molecule has 0 aliphatic carbocycles. The largest absolute Gasteiger partial charge is 0.459 e. The van der Waals surface area contributed by atoms with Crippen LogP contribution in [0.5, 0.6) is 0 Å². The van der Waals surface area contributed by atoms with Gasteiger partial charge in [-0.05, 0) is 18.6 Å². The Hall–Kier alpha value is -2.50. The number of para-hydroxylation sites is 1. The Morgan fingerprint density at radius 3 is 2.64 bits per heavy atom. The molecule has 0 atom stereocenters. The van der Waals surface area contributed by atoms with Gasteiger partial charge in [-0.1, -0.05) is 18.2 Å². The van der Waals surface area contributed by atoms with Gasteiger partial charge in [0, 0.05) is 32.4 Å². The van der Waals surface area contributed by atoms with Crippen molar-refractivity contribution < 1.29 is 14.0 Å². The number of hydrogen-bond acceptors (Lipinski definition) is 3. The summed E-state index contributed by atoms with van der Waals surface area (Å²) in [6.45, 7) is 2.96. The highest BCUT2D eigenvalue weighted by Gasteiger charge is 2.11. The maximum absolute atomic E-state index is 11.9. The Bertz CT molecular complexity index is 618. The Morgan fingerprint density at radius 2 is 1.91 bits per heavy atom. The molecule has 0 saturated carbocycles. The second-order valence-electron chi connectivity index (χ2n) is 5.18. The lowest BCUT2D eigenvalue weighted by Crippen LogP contribution is -2.38. The SMILES string of the molecule is CC(=O)NCCCNC(=O)N(C)Cc1cc2ccccc2o1. The fourth-order valence-electron chi connectivity index (χ4n) is 2.10. The smallest absolute Gasteiger partial charge is 0.317 e. The lowest BCUT2D eigenvalue weighted by Gasteiger charge is -2.16. The molecule has 0 aliphatic heterocycles. The minimum atomic E-state index is -0.164. The molecular weight excluding hydrogens is 282 g/mol. The summed E-state index contributed by atoms with van der Waals surface area (Å²) in [5.74, 6) is 0.686. The van der Waals surface area contributed by atoms with E-state index in [1.54, 1.807) is 11.9 Å². The topological polar surface area (TPSA) is 74.6 Å². The number of rotatable bonds is 6. The zero-order valence-corrected chi connectivity index (χ0v) is 12.9. The highest BCUT2D eigenvalue weighted by atomic mass is 16.3. The second kappa shape index (κ2) is 7.49. The number of hydrogen-bond donors (Lipinski definition) is 2. The summed E-state index contributed by atoms with van der Waals surface area (Å²) in [5, 5.41) is 6.52. The molecule has 22 heavy (non-hydrogen) atoms. The number of fused-ring (bicyclic) bond motifs is 1. The van der Waals surface area contributed by atoms with Crippen LogP contribution in [0.4, 0.5) is 4.79 Å². The highest BCUT2D eigenvalue weighted by Crippen LogP contribution is 2.19. The van der Waals surface area contributed by atoms with E-state index < -0.39 is 0 Å². The van der Waals surface area contributed by atoms with Crippen molar-refractivity contribution in [2.24, 2.45) is 0 Å². The van der Waals surface area contributed by atoms with E-state index in [1.165, 1.54) is 6.92 Å².